The second-order valence-electron chi connectivity index (χ2n) is 11.2. The average Bonchev–Trinajstić information content (AvgIpc) is 3.50. The molecule has 40 heavy (non-hydrogen) atoms. The second-order valence-corrected chi connectivity index (χ2v) is 11.2. The molecule has 3 aromatic rings. The number of benzene rings is 1. The molecule has 1 aromatic carbocycles. The summed E-state index contributed by atoms with van der Waals surface area (Å²) in [4.78, 5) is 36.3. The molecule has 1 atom stereocenters. The van der Waals surface area contributed by atoms with E-state index in [0.717, 1.165) is 30.5 Å². The van der Waals surface area contributed by atoms with Gasteiger partial charge in [-0.25, -0.2) is 14.4 Å². The third kappa shape index (κ3) is 4.18. The van der Waals surface area contributed by atoms with Crippen LogP contribution < -0.4 is 11.1 Å². The van der Waals surface area contributed by atoms with E-state index in [1.807, 2.05) is 11.6 Å². The molecule has 1 aliphatic carbocycles. The summed E-state index contributed by atoms with van der Waals surface area (Å²) >= 11 is 0. The number of rotatable bonds is 5. The second kappa shape index (κ2) is 9.85. The molecule has 2 fully saturated rings. The number of ether oxygens (including phenoxy) is 1. The van der Waals surface area contributed by atoms with E-state index in [-0.39, 0.29) is 23.3 Å². The number of aromatic nitrogens is 3. The van der Waals surface area contributed by atoms with Crippen molar-refractivity contribution >= 4 is 39.9 Å². The van der Waals surface area contributed by atoms with Crippen molar-refractivity contribution in [3.05, 3.63) is 54.1 Å². The van der Waals surface area contributed by atoms with E-state index < -0.39 is 5.82 Å². The molecule has 2 amide bonds. The van der Waals surface area contributed by atoms with Crippen LogP contribution in [-0.4, -0.2) is 56.5 Å². The van der Waals surface area contributed by atoms with E-state index >= 15 is 4.39 Å². The van der Waals surface area contributed by atoms with Crippen LogP contribution in [0.3, 0.4) is 0 Å². The molecule has 2 saturated heterocycles. The maximum absolute atomic E-state index is 15.7. The number of fused-ring (bicyclic) bond motifs is 1. The number of halogens is 1. The standard InChI is InChI=1S/C30H33FN6O3/c1-17(2)28(38)35-20-9-10-21(22(31)13-20)25-23(24-26(32)33-16-34-27(24)36(25)3)18-5-7-19(8-6-18)29(39)37-12-4-11-30(37)14-40-15-30/h5,9-10,13,16,19H,1,4,6-8,11-12,14-15H2,2-3H3,(H,35,38)(H2,32,33,34)/t19-/m0/s1. The first kappa shape index (κ1) is 26.2. The van der Waals surface area contributed by atoms with Gasteiger partial charge in [-0.3, -0.25) is 9.59 Å². The van der Waals surface area contributed by atoms with Crippen LogP contribution in [0.4, 0.5) is 15.9 Å². The van der Waals surface area contributed by atoms with Gasteiger partial charge in [-0.15, -0.1) is 0 Å². The molecular weight excluding hydrogens is 511 g/mol. The monoisotopic (exact) mass is 544 g/mol. The van der Waals surface area contributed by atoms with E-state index in [9.17, 15) is 9.59 Å². The van der Waals surface area contributed by atoms with Gasteiger partial charge in [-0.1, -0.05) is 12.7 Å². The van der Waals surface area contributed by atoms with Gasteiger partial charge < -0.3 is 25.3 Å². The Kier molecular flexibility index (Phi) is 6.45. The van der Waals surface area contributed by atoms with E-state index in [1.165, 1.54) is 12.4 Å². The molecule has 0 radical (unpaired) electrons. The van der Waals surface area contributed by atoms with Gasteiger partial charge in [-0.2, -0.15) is 0 Å². The van der Waals surface area contributed by atoms with Crippen molar-refractivity contribution in [2.75, 3.05) is 30.8 Å². The molecule has 2 aliphatic heterocycles. The summed E-state index contributed by atoms with van der Waals surface area (Å²) in [6, 6.07) is 4.61. The van der Waals surface area contributed by atoms with Crippen molar-refractivity contribution < 1.29 is 18.7 Å². The Balaban J connectivity index is 1.37. The first-order valence-electron chi connectivity index (χ1n) is 13.6. The Bertz CT molecular complexity index is 1590. The molecular formula is C30H33FN6O3. The molecule has 0 bridgehead atoms. The smallest absolute Gasteiger partial charge is 0.250 e. The number of nitrogens with two attached hydrogens (primary N) is 1. The molecule has 3 aliphatic rings. The maximum atomic E-state index is 15.7. The summed E-state index contributed by atoms with van der Waals surface area (Å²) in [6.07, 6.45) is 7.45. The molecule has 0 saturated carbocycles. The van der Waals surface area contributed by atoms with Gasteiger partial charge in [0.05, 0.1) is 29.8 Å². The third-order valence-corrected chi connectivity index (χ3v) is 8.55. The van der Waals surface area contributed by atoms with E-state index in [4.69, 9.17) is 10.5 Å². The van der Waals surface area contributed by atoms with Gasteiger partial charge in [0.1, 0.15) is 23.6 Å². The van der Waals surface area contributed by atoms with Gasteiger partial charge in [0.25, 0.3) is 5.91 Å². The minimum Gasteiger partial charge on any atom is -0.383 e. The van der Waals surface area contributed by atoms with E-state index in [2.05, 4.69) is 32.8 Å². The highest BCUT2D eigenvalue weighted by molar-refractivity contribution is 6.05. The van der Waals surface area contributed by atoms with Crippen LogP contribution in [0.5, 0.6) is 0 Å². The number of aryl methyl sites for hydroxylation is 1. The third-order valence-electron chi connectivity index (χ3n) is 8.55. The average molecular weight is 545 g/mol. The molecule has 6 rings (SSSR count). The molecule has 4 heterocycles. The van der Waals surface area contributed by atoms with Crippen LogP contribution in [-0.2, 0) is 21.4 Å². The summed E-state index contributed by atoms with van der Waals surface area (Å²) in [5.74, 6) is -0.447. The van der Waals surface area contributed by atoms with Gasteiger partial charge in [0, 0.05) is 41.9 Å². The fourth-order valence-electron chi connectivity index (χ4n) is 6.35. The fourth-order valence-corrected chi connectivity index (χ4v) is 6.35. The first-order chi connectivity index (χ1) is 19.2. The summed E-state index contributed by atoms with van der Waals surface area (Å²) < 4.78 is 23.0. The molecule has 3 N–H and O–H groups in total. The number of nitrogens with one attached hydrogen (secondary N) is 1. The molecule has 0 unspecified atom stereocenters. The summed E-state index contributed by atoms with van der Waals surface area (Å²) in [5, 5.41) is 3.33. The number of nitrogen functional groups attached to an aromatic ring is 1. The lowest BCUT2D eigenvalue weighted by atomic mass is 9.83. The first-order valence-corrected chi connectivity index (χ1v) is 13.6. The highest BCUT2D eigenvalue weighted by Gasteiger charge is 2.50. The maximum Gasteiger partial charge on any atom is 0.250 e. The number of amides is 2. The minimum absolute atomic E-state index is 0.0979. The van der Waals surface area contributed by atoms with Crippen molar-refractivity contribution in [2.24, 2.45) is 13.0 Å². The lowest BCUT2D eigenvalue weighted by Crippen LogP contribution is -2.61. The zero-order valence-electron chi connectivity index (χ0n) is 22.8. The highest BCUT2D eigenvalue weighted by Crippen LogP contribution is 2.45. The fraction of sp³-hybridized carbons (Fsp3) is 0.400. The van der Waals surface area contributed by atoms with Crippen LogP contribution in [0.2, 0.25) is 0 Å². The number of hydrogen-bond acceptors (Lipinski definition) is 6. The number of nitrogens with zero attached hydrogens (tertiary/aromatic N) is 4. The predicted octanol–water partition coefficient (Wildman–Crippen LogP) is 4.45. The molecule has 1 spiro atoms. The summed E-state index contributed by atoms with van der Waals surface area (Å²) in [7, 11) is 1.83. The normalized spacial score (nSPS) is 19.9. The summed E-state index contributed by atoms with van der Waals surface area (Å²) in [6.45, 7) is 7.27. The zero-order chi connectivity index (χ0) is 28.2. The van der Waals surface area contributed by atoms with Gasteiger partial charge in [0.2, 0.25) is 5.91 Å². The quantitative estimate of drug-likeness (QED) is 0.459. The largest absolute Gasteiger partial charge is 0.383 e. The molecule has 2 aromatic heterocycles. The van der Waals surface area contributed by atoms with Crippen molar-refractivity contribution in [2.45, 2.75) is 44.6 Å². The highest BCUT2D eigenvalue weighted by atomic mass is 19.1. The van der Waals surface area contributed by atoms with Crippen LogP contribution in [0.25, 0.3) is 27.9 Å². The minimum atomic E-state index is -0.496. The molecule has 10 heteroatoms. The molecule has 208 valence electrons. The Hall–Kier alpha value is -4.05. The number of carbonyl (C=O) groups is 2. The number of anilines is 2. The van der Waals surface area contributed by atoms with Crippen molar-refractivity contribution in [3.63, 3.8) is 0 Å². The van der Waals surface area contributed by atoms with Gasteiger partial charge in [-0.05, 0) is 62.8 Å². The number of likely N-dealkylation sites (tertiary alicyclic amines) is 1. The van der Waals surface area contributed by atoms with Gasteiger partial charge in [0.15, 0.2) is 0 Å². The molecule has 9 nitrogen and oxygen atoms in total. The van der Waals surface area contributed by atoms with Crippen molar-refractivity contribution in [1.29, 1.82) is 0 Å². The van der Waals surface area contributed by atoms with Crippen LogP contribution in [0.15, 0.2) is 42.8 Å². The van der Waals surface area contributed by atoms with Crippen molar-refractivity contribution in [1.82, 2.24) is 19.4 Å². The lowest BCUT2D eigenvalue weighted by Gasteiger charge is -2.46. The Labute approximate surface area is 231 Å². The Morgan fingerprint density at radius 1 is 1.27 bits per heavy atom. The van der Waals surface area contributed by atoms with Crippen LogP contribution in [0, 0.1) is 11.7 Å². The number of allylic oxidation sites excluding steroid dienone is 2. The zero-order valence-corrected chi connectivity index (χ0v) is 22.8. The Morgan fingerprint density at radius 2 is 2.08 bits per heavy atom. The number of hydrogen-bond donors (Lipinski definition) is 2. The van der Waals surface area contributed by atoms with Crippen molar-refractivity contribution in [3.8, 4) is 11.3 Å². The van der Waals surface area contributed by atoms with Crippen LogP contribution in [0.1, 0.15) is 44.6 Å². The summed E-state index contributed by atoms with van der Waals surface area (Å²) in [5.41, 5.74) is 10.3. The van der Waals surface area contributed by atoms with E-state index in [0.29, 0.717) is 71.8 Å². The number of carbonyl (C=O) groups excluding carboxylic acids is 2. The lowest BCUT2D eigenvalue weighted by molar-refractivity contribution is -0.162. The van der Waals surface area contributed by atoms with Gasteiger partial charge >= 0.3 is 0 Å². The van der Waals surface area contributed by atoms with Crippen LogP contribution >= 0.6 is 0 Å². The van der Waals surface area contributed by atoms with E-state index in [1.54, 1.807) is 19.1 Å². The topological polar surface area (TPSA) is 115 Å². The SMILES string of the molecule is C=C(C)C(=O)Nc1ccc(-c2c(C3=CC[C@H](C(=O)N4CCCC45COC5)CC3)c3c(N)ncnc3n2C)c(F)c1. The predicted molar refractivity (Wildman–Crippen MR) is 152 cm³/mol. The Morgan fingerprint density at radius 3 is 2.73 bits per heavy atom.